The van der Waals surface area contributed by atoms with Crippen LogP contribution in [0.3, 0.4) is 0 Å². The van der Waals surface area contributed by atoms with E-state index < -0.39 is 0 Å². The molecule has 0 saturated heterocycles. The Hall–Kier alpha value is -3.56. The number of hydrogen-bond acceptors (Lipinski definition) is 4. The van der Waals surface area contributed by atoms with Crippen molar-refractivity contribution in [3.63, 3.8) is 0 Å². The smallest absolute Gasteiger partial charge is 0.132 e. The van der Waals surface area contributed by atoms with Gasteiger partial charge in [0, 0.05) is 74.0 Å². The van der Waals surface area contributed by atoms with Gasteiger partial charge in [0.25, 0.3) is 0 Å². The van der Waals surface area contributed by atoms with Crippen molar-refractivity contribution in [1.29, 1.82) is 0 Å². The second-order valence-corrected chi connectivity index (χ2v) is 27.4. The number of unbranched alkanes of at least 4 members (excludes halogenated alkanes) is 14. The monoisotopic (exact) mass is 1100 g/mol. The van der Waals surface area contributed by atoms with Crippen molar-refractivity contribution in [2.24, 2.45) is 11.8 Å². The van der Waals surface area contributed by atoms with Crippen LogP contribution in [0.25, 0.3) is 73.2 Å². The maximum absolute atomic E-state index is 17.6. The van der Waals surface area contributed by atoms with E-state index in [0.29, 0.717) is 23.0 Å². The number of rotatable bonds is 34. The van der Waals surface area contributed by atoms with Crippen LogP contribution in [0.1, 0.15) is 217 Å². The molecule has 0 bridgehead atoms. The zero-order chi connectivity index (χ0) is 53.6. The largest absolute Gasteiger partial charge is 0.339 e. The molecule has 6 heterocycles. The van der Waals surface area contributed by atoms with Gasteiger partial charge in [-0.3, -0.25) is 0 Å². The molecule has 2 aromatic carbocycles. The summed E-state index contributed by atoms with van der Waals surface area (Å²) in [6, 6.07) is 21.8. The number of fused-ring (bicyclic) bond motifs is 5. The number of thiophene rings is 4. The van der Waals surface area contributed by atoms with E-state index in [1.54, 1.807) is 22.7 Å². The summed E-state index contributed by atoms with van der Waals surface area (Å²) in [6.45, 7) is 19.8. The lowest BCUT2D eigenvalue weighted by molar-refractivity contribution is 0.411. The third-order valence-electron chi connectivity index (χ3n) is 16.5. The number of hydrogen-bond donors (Lipinski definition) is 0. The van der Waals surface area contributed by atoms with E-state index in [4.69, 9.17) is 0 Å². The van der Waals surface area contributed by atoms with Gasteiger partial charge in [0.2, 0.25) is 0 Å². The molecular formula is C68H92F2N2S4. The summed E-state index contributed by atoms with van der Waals surface area (Å²) in [6.07, 6.45) is 31.3. The number of aromatic nitrogens is 2. The summed E-state index contributed by atoms with van der Waals surface area (Å²) in [4.78, 5) is 9.87. The average Bonchev–Trinajstić information content (AvgIpc) is 4.29. The van der Waals surface area contributed by atoms with Crippen LogP contribution in [0.15, 0.2) is 60.7 Å². The molecule has 412 valence electrons. The molecule has 8 rings (SSSR count). The van der Waals surface area contributed by atoms with Crippen molar-refractivity contribution < 1.29 is 8.78 Å². The normalized spacial score (nSPS) is 12.9. The van der Waals surface area contributed by atoms with Crippen LogP contribution in [0.5, 0.6) is 0 Å². The second kappa shape index (κ2) is 29.1. The van der Waals surface area contributed by atoms with Crippen molar-refractivity contribution in [3.05, 3.63) is 93.2 Å². The highest BCUT2D eigenvalue weighted by molar-refractivity contribution is 7.24. The van der Waals surface area contributed by atoms with E-state index in [-0.39, 0.29) is 11.6 Å². The van der Waals surface area contributed by atoms with Crippen molar-refractivity contribution in [1.82, 2.24) is 9.13 Å². The molecule has 8 aromatic rings. The first-order valence-corrected chi connectivity index (χ1v) is 33.7. The van der Waals surface area contributed by atoms with Crippen molar-refractivity contribution in [2.75, 3.05) is 0 Å². The van der Waals surface area contributed by atoms with Crippen molar-refractivity contribution >= 4 is 78.2 Å². The van der Waals surface area contributed by atoms with Gasteiger partial charge < -0.3 is 9.13 Å². The zero-order valence-electron chi connectivity index (χ0n) is 48.0. The Balaban J connectivity index is 1.28. The molecule has 2 nitrogen and oxygen atoms in total. The van der Waals surface area contributed by atoms with Gasteiger partial charge in [0.05, 0.1) is 22.1 Å². The van der Waals surface area contributed by atoms with Crippen LogP contribution in [-0.2, 0) is 25.9 Å². The fourth-order valence-corrected chi connectivity index (χ4v) is 16.7. The molecule has 0 spiro atoms. The summed E-state index contributed by atoms with van der Waals surface area (Å²) >= 11 is 7.29. The topological polar surface area (TPSA) is 9.86 Å². The minimum atomic E-state index is -0.166. The quantitative estimate of drug-likeness (QED) is 0.0356. The molecule has 0 saturated carbocycles. The summed E-state index contributed by atoms with van der Waals surface area (Å²) in [5.74, 6) is 0.921. The maximum atomic E-state index is 17.6. The van der Waals surface area contributed by atoms with Gasteiger partial charge in [-0.2, -0.15) is 0 Å². The van der Waals surface area contributed by atoms with Gasteiger partial charge in [-0.15, -0.1) is 45.3 Å². The van der Waals surface area contributed by atoms with E-state index >= 15 is 8.78 Å². The summed E-state index contributed by atoms with van der Waals surface area (Å²) in [5, 5.41) is 1.90. The Morgan fingerprint density at radius 2 is 0.763 bits per heavy atom. The Morgan fingerprint density at radius 1 is 0.395 bits per heavy atom. The van der Waals surface area contributed by atoms with Gasteiger partial charge >= 0.3 is 0 Å². The molecule has 0 N–H and O–H groups in total. The lowest BCUT2D eigenvalue weighted by Crippen LogP contribution is -2.05. The van der Waals surface area contributed by atoms with Crippen LogP contribution >= 0.6 is 45.3 Å². The van der Waals surface area contributed by atoms with Gasteiger partial charge in [0.15, 0.2) is 0 Å². The molecule has 76 heavy (non-hydrogen) atoms. The molecule has 2 atom stereocenters. The van der Waals surface area contributed by atoms with Crippen LogP contribution in [0.4, 0.5) is 8.78 Å². The molecule has 0 aliphatic heterocycles. The lowest BCUT2D eigenvalue weighted by atomic mass is 9.89. The highest BCUT2D eigenvalue weighted by Gasteiger charge is 2.27. The van der Waals surface area contributed by atoms with Crippen molar-refractivity contribution in [3.8, 4) is 40.4 Å². The second-order valence-electron chi connectivity index (χ2n) is 22.7. The summed E-state index contributed by atoms with van der Waals surface area (Å²) < 4.78 is 40.1. The van der Waals surface area contributed by atoms with Crippen LogP contribution < -0.4 is 0 Å². The number of halogens is 2. The average molecular weight is 1100 g/mol. The van der Waals surface area contributed by atoms with Crippen LogP contribution in [-0.4, -0.2) is 9.13 Å². The fourth-order valence-electron chi connectivity index (χ4n) is 12.2. The molecule has 0 radical (unpaired) electrons. The van der Waals surface area contributed by atoms with E-state index in [0.717, 1.165) is 107 Å². The minimum Gasteiger partial charge on any atom is -0.339 e. The molecule has 8 heteroatoms. The Bertz CT molecular complexity index is 2850. The number of nitrogens with zero attached hydrogens (tertiary/aromatic N) is 2. The predicted molar refractivity (Wildman–Crippen MR) is 337 cm³/mol. The first-order chi connectivity index (χ1) is 37.1. The molecular weight excluding hydrogens is 1010 g/mol. The van der Waals surface area contributed by atoms with Gasteiger partial charge in [-0.05, 0) is 123 Å². The predicted octanol–water partition coefficient (Wildman–Crippen LogP) is 24.4. The van der Waals surface area contributed by atoms with E-state index in [9.17, 15) is 0 Å². The molecule has 0 aliphatic carbocycles. The summed E-state index contributed by atoms with van der Waals surface area (Å²) in [5.41, 5.74) is 8.40. The first-order valence-electron chi connectivity index (χ1n) is 30.5. The number of aryl methyl sites for hydroxylation is 4. The molecule has 6 aromatic heterocycles. The third kappa shape index (κ3) is 14.2. The lowest BCUT2D eigenvalue weighted by Gasteiger charge is -2.17. The summed E-state index contributed by atoms with van der Waals surface area (Å²) in [7, 11) is 0. The molecule has 0 amide bonds. The third-order valence-corrected chi connectivity index (χ3v) is 21.2. The Kier molecular flexibility index (Phi) is 22.4. The zero-order valence-corrected chi connectivity index (χ0v) is 51.3. The Labute approximate surface area is 473 Å². The Morgan fingerprint density at radius 3 is 1.12 bits per heavy atom. The fraction of sp³-hybridized carbons (Fsp3) is 0.559. The highest BCUT2D eigenvalue weighted by Crippen LogP contribution is 2.48. The number of benzene rings is 2. The van der Waals surface area contributed by atoms with E-state index in [1.165, 1.54) is 156 Å². The minimum absolute atomic E-state index is 0.166. The van der Waals surface area contributed by atoms with Crippen molar-refractivity contribution in [2.45, 2.75) is 235 Å². The van der Waals surface area contributed by atoms with Crippen LogP contribution in [0, 0.1) is 37.3 Å². The molecule has 0 aliphatic rings. The van der Waals surface area contributed by atoms with E-state index in [1.807, 2.05) is 34.8 Å². The van der Waals surface area contributed by atoms with Gasteiger partial charge in [-0.1, -0.05) is 183 Å². The van der Waals surface area contributed by atoms with Crippen LogP contribution in [0.2, 0.25) is 0 Å². The first kappa shape index (κ1) is 58.6. The highest BCUT2D eigenvalue weighted by atomic mass is 32.1. The van der Waals surface area contributed by atoms with Gasteiger partial charge in [0.1, 0.15) is 11.6 Å². The van der Waals surface area contributed by atoms with Gasteiger partial charge in [-0.25, -0.2) is 8.78 Å². The molecule has 0 fully saturated rings. The maximum Gasteiger partial charge on any atom is 0.132 e. The standard InChI is InChI=1S/C68H92F2N2S4/c1-9-15-21-25-31-49(29-19-13-5)39-51-41-63(75-67(51)61-35-33-47(7)73-61)53-45-59-55(43-57(53)69)65-66(71(59)37-27-23-17-11-3)56-44-58(70)54(46-60(56)72(65)38-28-24-18-12-4)64-42-52(68(76-64)62-36-34-48(8)74-62)40-50(30-20-14-6)32-26-22-16-10-2/h33-36,41-46,49-50H,9-32,37-40H2,1-8H3. The SMILES string of the molecule is CCCCCCC(CCCC)Cc1cc(-c2cc3c(cc2F)c2c(c4cc(F)c(-c5cc(CC(CCCC)CCCCCC)c(-c6ccc(C)s6)s5)cc4n2CCCCCC)n3CCCCCC)sc1-c1ccc(C)s1. The van der Waals surface area contributed by atoms with E-state index in [2.05, 4.69) is 113 Å². The molecule has 2 unspecified atom stereocenters.